The third-order valence-corrected chi connectivity index (χ3v) is 6.99. The SMILES string of the molecule is CN(C)CC=CC(=O)Nc1ccc(O[C@@H]2CCC[C@@H](Nc3ncc(Cl)c(-c4c[nH]c5ccccc45)n3)C2)cc1. The molecule has 202 valence electrons. The lowest BCUT2D eigenvalue weighted by Crippen LogP contribution is -2.33. The molecule has 1 amide bonds. The molecule has 4 aromatic rings. The minimum absolute atomic E-state index is 0.0750. The number of carbonyl (C=O) groups is 1. The normalized spacial score (nSPS) is 17.5. The van der Waals surface area contributed by atoms with E-state index in [9.17, 15) is 4.79 Å². The molecule has 3 N–H and O–H groups in total. The van der Waals surface area contributed by atoms with Crippen molar-refractivity contribution in [3.63, 3.8) is 0 Å². The van der Waals surface area contributed by atoms with Crippen molar-refractivity contribution in [2.45, 2.75) is 37.8 Å². The average molecular weight is 545 g/mol. The fraction of sp³-hybridized carbons (Fsp3) is 0.300. The molecule has 1 saturated carbocycles. The number of rotatable bonds is 9. The van der Waals surface area contributed by atoms with Gasteiger partial charge in [-0.3, -0.25) is 4.79 Å². The van der Waals surface area contributed by atoms with Gasteiger partial charge in [0.15, 0.2) is 0 Å². The number of carbonyl (C=O) groups excluding carboxylic acids is 1. The number of para-hydroxylation sites is 1. The van der Waals surface area contributed by atoms with Crippen LogP contribution in [0.3, 0.4) is 0 Å². The molecule has 2 atom stereocenters. The second-order valence-corrected chi connectivity index (χ2v) is 10.5. The number of aromatic nitrogens is 3. The van der Waals surface area contributed by atoms with Crippen molar-refractivity contribution in [1.29, 1.82) is 0 Å². The number of hydrogen-bond acceptors (Lipinski definition) is 6. The second-order valence-electron chi connectivity index (χ2n) is 10.1. The Hall–Kier alpha value is -3.88. The second kappa shape index (κ2) is 12.3. The van der Waals surface area contributed by atoms with Gasteiger partial charge in [-0.15, -0.1) is 0 Å². The Morgan fingerprint density at radius 2 is 2.00 bits per heavy atom. The van der Waals surface area contributed by atoms with Crippen molar-refractivity contribution < 1.29 is 9.53 Å². The molecule has 8 nitrogen and oxygen atoms in total. The molecule has 1 aliphatic rings. The van der Waals surface area contributed by atoms with Gasteiger partial charge in [0.25, 0.3) is 0 Å². The summed E-state index contributed by atoms with van der Waals surface area (Å²) in [4.78, 5) is 26.6. The highest BCUT2D eigenvalue weighted by atomic mass is 35.5. The predicted octanol–water partition coefficient (Wildman–Crippen LogP) is 6.14. The monoisotopic (exact) mass is 544 g/mol. The summed E-state index contributed by atoms with van der Waals surface area (Å²) in [6.45, 7) is 0.715. The molecule has 2 aromatic heterocycles. The zero-order valence-electron chi connectivity index (χ0n) is 22.2. The number of nitrogens with one attached hydrogen (secondary N) is 3. The molecule has 1 fully saturated rings. The van der Waals surface area contributed by atoms with Crippen LogP contribution in [0.2, 0.25) is 5.02 Å². The fourth-order valence-electron chi connectivity index (χ4n) is 4.82. The number of amides is 1. The average Bonchev–Trinajstić information content (AvgIpc) is 3.35. The Morgan fingerprint density at radius 1 is 1.18 bits per heavy atom. The molecule has 2 heterocycles. The Balaban J connectivity index is 1.18. The van der Waals surface area contributed by atoms with Gasteiger partial charge in [-0.25, -0.2) is 9.97 Å². The van der Waals surface area contributed by atoms with Gasteiger partial charge in [0.2, 0.25) is 11.9 Å². The molecule has 2 aromatic carbocycles. The third kappa shape index (κ3) is 6.96. The number of likely N-dealkylation sites (N-methyl/N-ethyl adjacent to an activating group) is 1. The van der Waals surface area contributed by atoms with E-state index in [2.05, 4.69) is 26.7 Å². The van der Waals surface area contributed by atoms with E-state index >= 15 is 0 Å². The minimum Gasteiger partial charge on any atom is -0.490 e. The van der Waals surface area contributed by atoms with Crippen molar-refractivity contribution in [3.8, 4) is 17.0 Å². The van der Waals surface area contributed by atoms with E-state index in [1.165, 1.54) is 0 Å². The van der Waals surface area contributed by atoms with Crippen molar-refractivity contribution in [2.75, 3.05) is 31.3 Å². The molecule has 1 aliphatic carbocycles. The molecular weight excluding hydrogens is 512 g/mol. The van der Waals surface area contributed by atoms with E-state index in [1.807, 2.05) is 73.7 Å². The van der Waals surface area contributed by atoms with Crippen LogP contribution in [0.25, 0.3) is 22.2 Å². The maximum atomic E-state index is 12.1. The standard InChI is InChI=1S/C30H33ClN6O2/c1-37(2)16-6-11-28(38)34-20-12-14-22(15-13-20)39-23-8-5-7-21(17-23)35-30-33-19-26(31)29(36-30)25-18-32-27-10-4-3-9-24(25)27/h3-4,6,9-15,18-19,21,23,32H,5,7-8,16-17H2,1-2H3,(H,34,38)(H,33,35,36)/t21-,23-/m1/s1. The number of hydrogen-bond donors (Lipinski definition) is 3. The molecule has 0 bridgehead atoms. The fourth-order valence-corrected chi connectivity index (χ4v) is 5.02. The highest BCUT2D eigenvalue weighted by molar-refractivity contribution is 6.33. The highest BCUT2D eigenvalue weighted by Crippen LogP contribution is 2.33. The van der Waals surface area contributed by atoms with E-state index in [0.29, 0.717) is 23.2 Å². The lowest BCUT2D eigenvalue weighted by molar-refractivity contribution is -0.111. The molecule has 0 saturated heterocycles. The summed E-state index contributed by atoms with van der Waals surface area (Å²) in [5, 5.41) is 7.96. The summed E-state index contributed by atoms with van der Waals surface area (Å²) in [5.41, 5.74) is 3.43. The Labute approximate surface area is 233 Å². The summed E-state index contributed by atoms with van der Waals surface area (Å²) in [7, 11) is 3.92. The van der Waals surface area contributed by atoms with E-state index in [4.69, 9.17) is 21.3 Å². The molecule has 9 heteroatoms. The van der Waals surface area contributed by atoms with Gasteiger partial charge in [-0.2, -0.15) is 0 Å². The van der Waals surface area contributed by atoms with E-state index in [-0.39, 0.29) is 18.1 Å². The first kappa shape index (κ1) is 26.7. The topological polar surface area (TPSA) is 95.2 Å². The summed E-state index contributed by atoms with van der Waals surface area (Å²) >= 11 is 6.50. The van der Waals surface area contributed by atoms with Crippen molar-refractivity contribution in [1.82, 2.24) is 19.9 Å². The van der Waals surface area contributed by atoms with E-state index < -0.39 is 0 Å². The van der Waals surface area contributed by atoms with Crippen molar-refractivity contribution in [2.24, 2.45) is 0 Å². The number of ether oxygens (including phenoxy) is 1. The Morgan fingerprint density at radius 3 is 2.82 bits per heavy atom. The molecule has 0 aliphatic heterocycles. The number of nitrogens with zero attached hydrogens (tertiary/aromatic N) is 3. The van der Waals surface area contributed by atoms with Crippen LogP contribution < -0.4 is 15.4 Å². The molecule has 0 spiro atoms. The largest absolute Gasteiger partial charge is 0.490 e. The first-order valence-electron chi connectivity index (χ1n) is 13.2. The predicted molar refractivity (Wildman–Crippen MR) is 157 cm³/mol. The summed E-state index contributed by atoms with van der Waals surface area (Å²) in [5.74, 6) is 1.19. The van der Waals surface area contributed by atoms with E-state index in [0.717, 1.165) is 53.6 Å². The lowest BCUT2D eigenvalue weighted by Gasteiger charge is -2.30. The Bertz CT molecular complexity index is 1450. The number of aromatic amines is 1. The minimum atomic E-state index is -0.149. The first-order chi connectivity index (χ1) is 18.9. The zero-order valence-corrected chi connectivity index (χ0v) is 22.9. The van der Waals surface area contributed by atoms with Crippen LogP contribution in [-0.2, 0) is 4.79 Å². The third-order valence-electron chi connectivity index (χ3n) is 6.71. The number of benzene rings is 2. The molecule has 0 radical (unpaired) electrons. The quantitative estimate of drug-likeness (QED) is 0.219. The van der Waals surface area contributed by atoms with Crippen molar-refractivity contribution >= 4 is 40.0 Å². The smallest absolute Gasteiger partial charge is 0.248 e. The van der Waals surface area contributed by atoms with Crippen LogP contribution in [0.4, 0.5) is 11.6 Å². The molecule has 5 rings (SSSR count). The maximum absolute atomic E-state index is 12.1. The number of fused-ring (bicyclic) bond motifs is 1. The summed E-state index contributed by atoms with van der Waals surface area (Å²) in [6.07, 6.45) is 10.9. The van der Waals surface area contributed by atoms with Crippen LogP contribution in [0, 0.1) is 0 Å². The number of anilines is 2. The van der Waals surface area contributed by atoms with Gasteiger partial charge < -0.3 is 25.3 Å². The van der Waals surface area contributed by atoms with Crippen LogP contribution in [0.5, 0.6) is 5.75 Å². The van der Waals surface area contributed by atoms with Crippen LogP contribution in [0.1, 0.15) is 25.7 Å². The first-order valence-corrected chi connectivity index (χ1v) is 13.6. The van der Waals surface area contributed by atoms with Gasteiger partial charge in [0.05, 0.1) is 16.9 Å². The van der Waals surface area contributed by atoms with Crippen LogP contribution >= 0.6 is 11.6 Å². The Kier molecular flexibility index (Phi) is 8.44. The number of halogens is 1. The van der Waals surface area contributed by atoms with Crippen LogP contribution in [-0.4, -0.2) is 58.5 Å². The van der Waals surface area contributed by atoms with Gasteiger partial charge >= 0.3 is 0 Å². The van der Waals surface area contributed by atoms with Crippen LogP contribution in [0.15, 0.2) is 73.1 Å². The van der Waals surface area contributed by atoms with Gasteiger partial charge in [-0.05, 0) is 63.7 Å². The maximum Gasteiger partial charge on any atom is 0.248 e. The summed E-state index contributed by atoms with van der Waals surface area (Å²) < 4.78 is 6.29. The zero-order chi connectivity index (χ0) is 27.2. The van der Waals surface area contributed by atoms with E-state index in [1.54, 1.807) is 12.3 Å². The molecule has 39 heavy (non-hydrogen) atoms. The molecular formula is C30H33ClN6O2. The van der Waals surface area contributed by atoms with Gasteiger partial charge in [-0.1, -0.05) is 35.9 Å². The van der Waals surface area contributed by atoms with Gasteiger partial charge in [0, 0.05) is 53.4 Å². The number of H-pyrrole nitrogens is 1. The molecule has 0 unspecified atom stereocenters. The highest BCUT2D eigenvalue weighted by Gasteiger charge is 2.24. The van der Waals surface area contributed by atoms with Gasteiger partial charge in [0.1, 0.15) is 11.9 Å². The van der Waals surface area contributed by atoms with Crippen molar-refractivity contribution in [3.05, 3.63) is 78.1 Å². The lowest BCUT2D eigenvalue weighted by atomic mass is 9.93. The summed E-state index contributed by atoms with van der Waals surface area (Å²) in [6, 6.07) is 15.8.